The quantitative estimate of drug-likeness (QED) is 0.521. The van der Waals surface area contributed by atoms with E-state index in [0.29, 0.717) is 0 Å². The second-order valence-electron chi connectivity index (χ2n) is 3.93. The number of benzene rings is 1. The van der Waals surface area contributed by atoms with Crippen LogP contribution in [0.1, 0.15) is 18.1 Å². The van der Waals surface area contributed by atoms with Crippen LogP contribution in [0.3, 0.4) is 0 Å². The van der Waals surface area contributed by atoms with Crippen LogP contribution in [0.25, 0.3) is 0 Å². The molecule has 13 heavy (non-hydrogen) atoms. The van der Waals surface area contributed by atoms with Gasteiger partial charge in [0.15, 0.2) is 7.38 Å². The van der Waals surface area contributed by atoms with Crippen LogP contribution < -0.4 is 5.19 Å². The SMILES string of the molecule is CC[Si](C)(Cl)c1cc(C)cc(C)c1. The van der Waals surface area contributed by atoms with E-state index in [1.54, 1.807) is 0 Å². The largest absolute Gasteiger partial charge is 0.183 e. The molecule has 0 fully saturated rings. The maximum absolute atomic E-state index is 6.53. The number of rotatable bonds is 2. The molecule has 0 N–H and O–H groups in total. The van der Waals surface area contributed by atoms with Crippen LogP contribution in [0.5, 0.6) is 0 Å². The summed E-state index contributed by atoms with van der Waals surface area (Å²) in [7, 11) is -1.64. The van der Waals surface area contributed by atoms with Crippen molar-refractivity contribution in [2.24, 2.45) is 0 Å². The first kappa shape index (κ1) is 10.8. The van der Waals surface area contributed by atoms with Gasteiger partial charge < -0.3 is 0 Å². The number of hydrogen-bond acceptors (Lipinski definition) is 0. The molecule has 0 aliphatic rings. The minimum Gasteiger partial charge on any atom is -0.161 e. The van der Waals surface area contributed by atoms with Crippen molar-refractivity contribution in [2.75, 3.05) is 0 Å². The highest BCUT2D eigenvalue weighted by molar-refractivity contribution is 7.26. The molecule has 0 saturated heterocycles. The van der Waals surface area contributed by atoms with Crippen LogP contribution in [0.4, 0.5) is 0 Å². The molecular weight excluding hydrogens is 196 g/mol. The summed E-state index contributed by atoms with van der Waals surface area (Å²) in [4.78, 5) is 0. The standard InChI is InChI=1S/C11H17ClSi/c1-5-13(4,12)11-7-9(2)6-10(3)8-11/h6-8H,5H2,1-4H3. The lowest BCUT2D eigenvalue weighted by atomic mass is 10.2. The molecule has 1 rings (SSSR count). The summed E-state index contributed by atoms with van der Waals surface area (Å²) >= 11 is 6.53. The van der Waals surface area contributed by atoms with Gasteiger partial charge in [0.2, 0.25) is 0 Å². The molecule has 0 aliphatic carbocycles. The summed E-state index contributed by atoms with van der Waals surface area (Å²) in [6, 6.07) is 7.75. The van der Waals surface area contributed by atoms with E-state index in [0.717, 1.165) is 6.04 Å². The first-order chi connectivity index (χ1) is 5.95. The molecule has 72 valence electrons. The summed E-state index contributed by atoms with van der Waals surface area (Å²) < 4.78 is 0. The maximum Gasteiger partial charge on any atom is 0.183 e. The molecule has 0 aromatic heterocycles. The van der Waals surface area contributed by atoms with Crippen molar-refractivity contribution >= 4 is 23.6 Å². The number of hydrogen-bond donors (Lipinski definition) is 0. The molecule has 1 atom stereocenters. The van der Waals surface area contributed by atoms with E-state index in [1.807, 2.05) is 0 Å². The Bertz CT molecular complexity index is 285. The van der Waals surface area contributed by atoms with E-state index in [4.69, 9.17) is 11.1 Å². The van der Waals surface area contributed by atoms with Crippen LogP contribution in [0.2, 0.25) is 12.6 Å². The molecule has 0 nitrogen and oxygen atoms in total. The zero-order valence-electron chi connectivity index (χ0n) is 8.82. The van der Waals surface area contributed by atoms with Crippen LogP contribution in [-0.2, 0) is 0 Å². The molecule has 0 spiro atoms. The van der Waals surface area contributed by atoms with E-state index in [2.05, 4.69) is 45.5 Å². The van der Waals surface area contributed by atoms with Crippen molar-refractivity contribution in [1.82, 2.24) is 0 Å². The Morgan fingerprint density at radius 2 is 1.62 bits per heavy atom. The predicted molar refractivity (Wildman–Crippen MR) is 63.5 cm³/mol. The van der Waals surface area contributed by atoms with Gasteiger partial charge in [-0.1, -0.05) is 42.8 Å². The fourth-order valence-corrected chi connectivity index (χ4v) is 3.27. The van der Waals surface area contributed by atoms with E-state index >= 15 is 0 Å². The molecule has 1 unspecified atom stereocenters. The molecule has 0 bridgehead atoms. The first-order valence-corrected chi connectivity index (χ1v) is 8.45. The van der Waals surface area contributed by atoms with Gasteiger partial charge in [0.05, 0.1) is 0 Å². The third-order valence-corrected chi connectivity index (χ3v) is 6.76. The molecule has 0 amide bonds. The van der Waals surface area contributed by atoms with Crippen molar-refractivity contribution in [3.63, 3.8) is 0 Å². The molecule has 0 radical (unpaired) electrons. The van der Waals surface area contributed by atoms with Gasteiger partial charge in [0.25, 0.3) is 0 Å². The maximum atomic E-state index is 6.53. The van der Waals surface area contributed by atoms with Gasteiger partial charge in [-0.05, 0) is 25.1 Å². The second-order valence-corrected chi connectivity index (χ2v) is 10.1. The van der Waals surface area contributed by atoms with Crippen LogP contribution in [0.15, 0.2) is 18.2 Å². The normalized spacial score (nSPS) is 15.5. The molecule has 1 aromatic rings. The number of aryl methyl sites for hydroxylation is 2. The van der Waals surface area contributed by atoms with E-state index in [1.165, 1.54) is 16.3 Å². The third kappa shape index (κ3) is 2.58. The van der Waals surface area contributed by atoms with Gasteiger partial charge in [-0.15, -0.1) is 0 Å². The fraction of sp³-hybridized carbons (Fsp3) is 0.455. The molecular formula is C11H17ClSi. The predicted octanol–water partition coefficient (Wildman–Crippen LogP) is 3.34. The zero-order chi connectivity index (χ0) is 10.1. The molecule has 2 heteroatoms. The second kappa shape index (κ2) is 3.85. The molecule has 0 aliphatic heterocycles. The number of halogens is 1. The Labute approximate surface area is 86.6 Å². The summed E-state index contributed by atoms with van der Waals surface area (Å²) in [5.41, 5.74) is 2.64. The molecule has 0 heterocycles. The van der Waals surface area contributed by atoms with Crippen molar-refractivity contribution in [3.8, 4) is 0 Å². The van der Waals surface area contributed by atoms with Gasteiger partial charge in [0.1, 0.15) is 0 Å². The lowest BCUT2D eigenvalue weighted by Crippen LogP contribution is -2.38. The van der Waals surface area contributed by atoms with Gasteiger partial charge in [-0.25, -0.2) is 0 Å². The summed E-state index contributed by atoms with van der Waals surface area (Å²) in [5, 5.41) is 1.37. The van der Waals surface area contributed by atoms with Crippen LogP contribution in [0, 0.1) is 13.8 Å². The topological polar surface area (TPSA) is 0 Å². The fourth-order valence-electron chi connectivity index (χ4n) is 1.48. The highest BCUT2D eigenvalue weighted by Crippen LogP contribution is 2.16. The Hall–Kier alpha value is -0.273. The Balaban J connectivity index is 3.15. The Morgan fingerprint density at radius 1 is 1.15 bits per heavy atom. The summed E-state index contributed by atoms with van der Waals surface area (Å²) in [5.74, 6) is 0. The average molecular weight is 213 g/mol. The lowest BCUT2D eigenvalue weighted by molar-refractivity contribution is 1.37. The molecule has 1 aromatic carbocycles. The van der Waals surface area contributed by atoms with Crippen molar-refractivity contribution < 1.29 is 0 Å². The van der Waals surface area contributed by atoms with Gasteiger partial charge in [0, 0.05) is 0 Å². The van der Waals surface area contributed by atoms with Crippen LogP contribution in [-0.4, -0.2) is 7.38 Å². The van der Waals surface area contributed by atoms with Crippen molar-refractivity contribution in [1.29, 1.82) is 0 Å². The van der Waals surface area contributed by atoms with Crippen molar-refractivity contribution in [3.05, 3.63) is 29.3 Å². The van der Waals surface area contributed by atoms with E-state index in [-0.39, 0.29) is 0 Å². The van der Waals surface area contributed by atoms with Gasteiger partial charge in [-0.2, -0.15) is 11.1 Å². The average Bonchev–Trinajstić information content (AvgIpc) is 2.02. The molecule has 0 saturated carbocycles. The van der Waals surface area contributed by atoms with E-state index in [9.17, 15) is 0 Å². The van der Waals surface area contributed by atoms with Crippen molar-refractivity contribution in [2.45, 2.75) is 33.4 Å². The summed E-state index contributed by atoms with van der Waals surface area (Å²) in [6.07, 6.45) is 0. The van der Waals surface area contributed by atoms with Crippen LogP contribution >= 0.6 is 11.1 Å². The smallest absolute Gasteiger partial charge is 0.161 e. The first-order valence-electron chi connectivity index (χ1n) is 4.73. The summed E-state index contributed by atoms with van der Waals surface area (Å²) in [6.45, 7) is 8.65. The Morgan fingerprint density at radius 3 is 2.00 bits per heavy atom. The minimum atomic E-state index is -1.64. The highest BCUT2D eigenvalue weighted by atomic mass is 35.6. The lowest BCUT2D eigenvalue weighted by Gasteiger charge is -2.18. The third-order valence-electron chi connectivity index (χ3n) is 2.49. The minimum absolute atomic E-state index is 1.09. The Kier molecular flexibility index (Phi) is 3.20. The van der Waals surface area contributed by atoms with E-state index < -0.39 is 7.38 Å². The zero-order valence-corrected chi connectivity index (χ0v) is 10.6. The van der Waals surface area contributed by atoms with Gasteiger partial charge >= 0.3 is 0 Å². The van der Waals surface area contributed by atoms with Gasteiger partial charge in [-0.3, -0.25) is 0 Å². The monoisotopic (exact) mass is 212 g/mol. The highest BCUT2D eigenvalue weighted by Gasteiger charge is 2.24.